The van der Waals surface area contributed by atoms with Gasteiger partial charge < -0.3 is 24.8 Å². The monoisotopic (exact) mass is 454 g/mol. The largest absolute Gasteiger partial charge is 0.480 e. The van der Waals surface area contributed by atoms with Crippen molar-refractivity contribution in [3.8, 4) is 11.1 Å². The minimum atomic E-state index is -1.13. The molecule has 2 aromatic rings. The van der Waals surface area contributed by atoms with E-state index >= 15 is 0 Å². The van der Waals surface area contributed by atoms with Crippen molar-refractivity contribution in [1.29, 1.82) is 0 Å². The quantitative estimate of drug-likeness (QED) is 0.634. The van der Waals surface area contributed by atoms with E-state index in [0.717, 1.165) is 22.3 Å². The van der Waals surface area contributed by atoms with E-state index in [4.69, 9.17) is 14.6 Å². The maximum atomic E-state index is 12.9. The van der Waals surface area contributed by atoms with Gasteiger partial charge in [0.1, 0.15) is 13.2 Å². The fraction of sp³-hybridized carbons (Fsp3) is 0.400. The molecule has 2 aromatic carbocycles. The molecule has 0 fully saturated rings. The molecule has 0 saturated heterocycles. The van der Waals surface area contributed by atoms with Crippen LogP contribution in [-0.2, 0) is 19.1 Å². The lowest BCUT2D eigenvalue weighted by Crippen LogP contribution is -2.54. The smallest absolute Gasteiger partial charge is 0.407 e. The Balaban J connectivity index is 1.61. The van der Waals surface area contributed by atoms with Crippen molar-refractivity contribution in [2.24, 2.45) is 0 Å². The highest BCUT2D eigenvalue weighted by Crippen LogP contribution is 2.44. The Kier molecular flexibility index (Phi) is 7.38. The molecule has 0 aromatic heterocycles. The van der Waals surface area contributed by atoms with Gasteiger partial charge in [-0.15, -0.1) is 0 Å². The first-order valence-electron chi connectivity index (χ1n) is 10.8. The first-order valence-corrected chi connectivity index (χ1v) is 10.8. The van der Waals surface area contributed by atoms with E-state index in [-0.39, 0.29) is 19.1 Å². The minimum absolute atomic E-state index is 0.0741. The molecule has 2 amide bonds. The molecule has 8 nitrogen and oxygen atoms in total. The fourth-order valence-electron chi connectivity index (χ4n) is 4.05. The summed E-state index contributed by atoms with van der Waals surface area (Å²) in [5, 5.41) is 11.7. The maximum absolute atomic E-state index is 12.9. The summed E-state index contributed by atoms with van der Waals surface area (Å²) in [5.41, 5.74) is 3.74. The fourth-order valence-corrected chi connectivity index (χ4v) is 4.05. The second-order valence-corrected chi connectivity index (χ2v) is 8.92. The Labute approximate surface area is 193 Å². The number of hydrogen-bond acceptors (Lipinski definition) is 5. The molecule has 0 heterocycles. The van der Waals surface area contributed by atoms with Gasteiger partial charge in [0.15, 0.2) is 6.10 Å². The van der Waals surface area contributed by atoms with Crippen LogP contribution in [0.3, 0.4) is 0 Å². The number of nitrogens with zero attached hydrogens (tertiary/aromatic N) is 1. The van der Waals surface area contributed by atoms with Crippen LogP contribution in [0.15, 0.2) is 48.5 Å². The van der Waals surface area contributed by atoms with Gasteiger partial charge in [0.2, 0.25) is 0 Å². The van der Waals surface area contributed by atoms with Gasteiger partial charge in [0.25, 0.3) is 5.91 Å². The Morgan fingerprint density at radius 2 is 1.58 bits per heavy atom. The number of alkyl carbamates (subject to hydrolysis) is 1. The highest BCUT2D eigenvalue weighted by atomic mass is 16.5. The van der Waals surface area contributed by atoms with Gasteiger partial charge in [-0.2, -0.15) is 0 Å². The van der Waals surface area contributed by atoms with Gasteiger partial charge in [-0.3, -0.25) is 9.59 Å². The van der Waals surface area contributed by atoms with E-state index in [0.29, 0.717) is 0 Å². The van der Waals surface area contributed by atoms with Crippen molar-refractivity contribution in [3.63, 3.8) is 0 Å². The van der Waals surface area contributed by atoms with E-state index in [1.165, 1.54) is 12.0 Å². The summed E-state index contributed by atoms with van der Waals surface area (Å²) < 4.78 is 10.7. The zero-order chi connectivity index (χ0) is 24.2. The molecule has 1 aliphatic carbocycles. The topological polar surface area (TPSA) is 105 Å². The van der Waals surface area contributed by atoms with Crippen LogP contribution in [0.1, 0.15) is 37.8 Å². The normalized spacial score (nSPS) is 13.6. The number of aliphatic carboxylic acids is 1. The number of carboxylic acid groups (broad SMARTS) is 1. The van der Waals surface area contributed by atoms with E-state index in [2.05, 4.69) is 17.4 Å². The van der Waals surface area contributed by atoms with Crippen molar-refractivity contribution in [3.05, 3.63) is 59.7 Å². The van der Waals surface area contributed by atoms with Crippen LogP contribution >= 0.6 is 0 Å². The summed E-state index contributed by atoms with van der Waals surface area (Å²) in [6.45, 7) is 4.75. The molecule has 0 aliphatic heterocycles. The van der Waals surface area contributed by atoms with Gasteiger partial charge in [-0.05, 0) is 43.0 Å². The highest BCUT2D eigenvalue weighted by molar-refractivity contribution is 5.86. The summed E-state index contributed by atoms with van der Waals surface area (Å²) >= 11 is 0. The summed E-state index contributed by atoms with van der Waals surface area (Å²) in [6.07, 6.45) is -1.71. The summed E-state index contributed by atoms with van der Waals surface area (Å²) in [7, 11) is 1.34. The summed E-state index contributed by atoms with van der Waals surface area (Å²) in [5.74, 6) is -1.72. The molecular formula is C25H30N2O6. The van der Waals surface area contributed by atoms with Crippen molar-refractivity contribution in [2.75, 3.05) is 26.8 Å². The zero-order valence-corrected chi connectivity index (χ0v) is 19.3. The first kappa shape index (κ1) is 24.3. The molecule has 1 atom stereocenters. The molecule has 3 rings (SSSR count). The molecule has 33 heavy (non-hydrogen) atoms. The summed E-state index contributed by atoms with van der Waals surface area (Å²) in [6, 6.07) is 16.1. The second kappa shape index (κ2) is 10.0. The van der Waals surface area contributed by atoms with Crippen molar-refractivity contribution >= 4 is 18.0 Å². The number of hydrogen-bond donors (Lipinski definition) is 2. The van der Waals surface area contributed by atoms with Crippen LogP contribution in [0.5, 0.6) is 0 Å². The number of amides is 2. The molecule has 0 radical (unpaired) electrons. The highest BCUT2D eigenvalue weighted by Gasteiger charge is 2.34. The van der Waals surface area contributed by atoms with Crippen molar-refractivity contribution < 1.29 is 29.0 Å². The molecule has 2 N–H and O–H groups in total. The molecule has 176 valence electrons. The number of methoxy groups -OCH3 is 1. The van der Waals surface area contributed by atoms with Crippen LogP contribution in [0.4, 0.5) is 4.79 Å². The van der Waals surface area contributed by atoms with Gasteiger partial charge >= 0.3 is 12.1 Å². The number of ether oxygens (including phenoxy) is 2. The number of carboxylic acids is 1. The maximum Gasteiger partial charge on any atom is 0.407 e. The van der Waals surface area contributed by atoms with E-state index in [1.807, 2.05) is 36.4 Å². The van der Waals surface area contributed by atoms with E-state index < -0.39 is 36.2 Å². The Hall–Kier alpha value is -3.39. The number of benzene rings is 2. The minimum Gasteiger partial charge on any atom is -0.480 e. The van der Waals surface area contributed by atoms with Crippen LogP contribution in [0.25, 0.3) is 11.1 Å². The number of rotatable bonds is 8. The molecule has 8 heteroatoms. The first-order chi connectivity index (χ1) is 15.6. The molecular weight excluding hydrogens is 424 g/mol. The number of fused-ring (bicyclic) bond motifs is 3. The van der Waals surface area contributed by atoms with Gasteiger partial charge in [0, 0.05) is 18.6 Å². The van der Waals surface area contributed by atoms with Crippen LogP contribution in [0.2, 0.25) is 0 Å². The van der Waals surface area contributed by atoms with Gasteiger partial charge in [0.05, 0.1) is 6.54 Å². The SMILES string of the molecule is COC(CNC(=O)OCC1c2ccccc2-c2ccccc21)C(=O)N(CC(=O)O)C(C)(C)C. The van der Waals surface area contributed by atoms with E-state index in [9.17, 15) is 14.4 Å². The lowest BCUT2D eigenvalue weighted by Gasteiger charge is -2.36. The molecule has 0 saturated carbocycles. The number of nitrogens with one attached hydrogen (secondary N) is 1. The van der Waals surface area contributed by atoms with Crippen LogP contribution in [-0.4, -0.2) is 66.4 Å². The lowest BCUT2D eigenvalue weighted by molar-refractivity contribution is -0.154. The number of carbonyl (C=O) groups is 3. The van der Waals surface area contributed by atoms with Crippen molar-refractivity contribution in [1.82, 2.24) is 10.2 Å². The van der Waals surface area contributed by atoms with Crippen LogP contribution in [0, 0.1) is 0 Å². The van der Waals surface area contributed by atoms with E-state index in [1.54, 1.807) is 20.8 Å². The Morgan fingerprint density at radius 3 is 2.06 bits per heavy atom. The third-order valence-corrected chi connectivity index (χ3v) is 5.70. The van der Waals surface area contributed by atoms with Gasteiger partial charge in [-0.1, -0.05) is 48.5 Å². The van der Waals surface area contributed by atoms with Crippen LogP contribution < -0.4 is 5.32 Å². The predicted molar refractivity (Wildman–Crippen MR) is 123 cm³/mol. The van der Waals surface area contributed by atoms with Gasteiger partial charge in [-0.25, -0.2) is 4.79 Å². The average molecular weight is 455 g/mol. The third-order valence-electron chi connectivity index (χ3n) is 5.70. The van der Waals surface area contributed by atoms with Crippen molar-refractivity contribution in [2.45, 2.75) is 38.3 Å². The average Bonchev–Trinajstić information content (AvgIpc) is 3.09. The Bertz CT molecular complexity index is 984. The second-order valence-electron chi connectivity index (χ2n) is 8.92. The zero-order valence-electron chi connectivity index (χ0n) is 19.3. The Morgan fingerprint density at radius 1 is 1.03 bits per heavy atom. The number of carbonyl (C=O) groups excluding carboxylic acids is 2. The molecule has 0 spiro atoms. The third kappa shape index (κ3) is 5.51. The molecule has 1 aliphatic rings. The summed E-state index contributed by atoms with van der Waals surface area (Å²) in [4.78, 5) is 37.7. The molecule has 0 bridgehead atoms. The standard InChI is InChI=1S/C25H30N2O6/c1-25(2,3)27(14-22(28)29)23(30)21(32-4)13-26-24(31)33-15-20-18-11-7-5-9-16(18)17-10-6-8-12-19(17)20/h5-12,20-21H,13-15H2,1-4H3,(H,26,31)(H,28,29). The molecule has 1 unspecified atom stereocenters. The lowest BCUT2D eigenvalue weighted by atomic mass is 9.98. The predicted octanol–water partition coefficient (Wildman–Crippen LogP) is 3.25.